The van der Waals surface area contributed by atoms with Crippen LogP contribution in [0.2, 0.25) is 0 Å². The molecule has 0 aliphatic carbocycles. The van der Waals surface area contributed by atoms with Crippen molar-refractivity contribution >= 4 is 11.9 Å². The van der Waals surface area contributed by atoms with Gasteiger partial charge in [-0.15, -0.1) is 0 Å². The molecule has 1 heterocycles. The van der Waals surface area contributed by atoms with E-state index < -0.39 is 11.9 Å². The molecule has 1 aromatic heterocycles. The minimum absolute atomic E-state index is 0.302. The molecule has 106 valence electrons. The highest BCUT2D eigenvalue weighted by Crippen LogP contribution is 2.16. The summed E-state index contributed by atoms with van der Waals surface area (Å²) in [5, 5.41) is 0. The van der Waals surface area contributed by atoms with Crippen LogP contribution in [-0.2, 0) is 15.9 Å². The Kier molecular flexibility index (Phi) is 6.12. The number of H-pyrrole nitrogens is 1. The van der Waals surface area contributed by atoms with Crippen LogP contribution in [0.5, 0.6) is 0 Å². The molecule has 5 nitrogen and oxygen atoms in total. The molecule has 0 atom stereocenters. The fourth-order valence-corrected chi connectivity index (χ4v) is 1.76. The van der Waals surface area contributed by atoms with E-state index in [4.69, 9.17) is 9.47 Å². The van der Waals surface area contributed by atoms with Crippen LogP contribution in [0, 0.1) is 0 Å². The van der Waals surface area contributed by atoms with Crippen LogP contribution in [0.3, 0.4) is 0 Å². The zero-order valence-corrected chi connectivity index (χ0v) is 11.7. The topological polar surface area (TPSA) is 68.4 Å². The lowest BCUT2D eigenvalue weighted by molar-refractivity contribution is 0.0518. The lowest BCUT2D eigenvalue weighted by Crippen LogP contribution is -2.06. The molecule has 0 spiro atoms. The van der Waals surface area contributed by atoms with Crippen LogP contribution in [-0.4, -0.2) is 30.1 Å². The van der Waals surface area contributed by atoms with Gasteiger partial charge in [0.15, 0.2) is 0 Å². The van der Waals surface area contributed by atoms with Gasteiger partial charge in [0.25, 0.3) is 0 Å². The van der Waals surface area contributed by atoms with Gasteiger partial charge in [0.1, 0.15) is 5.69 Å². The second-order valence-corrected chi connectivity index (χ2v) is 4.12. The number of carbonyl (C=O) groups is 2. The summed E-state index contributed by atoms with van der Waals surface area (Å²) in [6, 6.07) is 1.51. The maximum atomic E-state index is 11.8. The van der Waals surface area contributed by atoms with E-state index in [1.54, 1.807) is 13.8 Å². The first-order chi connectivity index (χ1) is 9.13. The van der Waals surface area contributed by atoms with Crippen LogP contribution in [0.1, 0.15) is 60.2 Å². The molecule has 0 radical (unpaired) electrons. The van der Waals surface area contributed by atoms with Crippen molar-refractivity contribution in [2.45, 2.75) is 40.0 Å². The van der Waals surface area contributed by atoms with E-state index in [9.17, 15) is 9.59 Å². The van der Waals surface area contributed by atoms with Crippen LogP contribution in [0.4, 0.5) is 0 Å². The average Bonchev–Trinajstić information content (AvgIpc) is 2.81. The summed E-state index contributed by atoms with van der Waals surface area (Å²) in [5.74, 6) is -0.851. The lowest BCUT2D eigenvalue weighted by atomic mass is 10.1. The maximum Gasteiger partial charge on any atom is 0.354 e. The molecule has 0 aliphatic heterocycles. The number of aryl methyl sites for hydroxylation is 1. The minimum Gasteiger partial charge on any atom is -0.462 e. The molecule has 0 bridgehead atoms. The largest absolute Gasteiger partial charge is 0.462 e. The molecular weight excluding hydrogens is 246 g/mol. The second kappa shape index (κ2) is 7.61. The molecular formula is C14H21NO4. The minimum atomic E-state index is -0.448. The highest BCUT2D eigenvalue weighted by Gasteiger charge is 2.19. The standard InChI is InChI=1S/C14H21NO4/c1-4-7-8-11-10(13(16)18-5-2)9-12(15-11)14(17)19-6-3/h9,15H,4-8H2,1-3H3. The number of nitrogens with one attached hydrogen (secondary N) is 1. The Morgan fingerprint density at radius 2 is 1.74 bits per heavy atom. The fourth-order valence-electron chi connectivity index (χ4n) is 1.76. The van der Waals surface area contributed by atoms with E-state index in [0.717, 1.165) is 18.5 Å². The van der Waals surface area contributed by atoms with Crippen molar-refractivity contribution < 1.29 is 19.1 Å². The summed E-state index contributed by atoms with van der Waals surface area (Å²) in [5.41, 5.74) is 1.47. The van der Waals surface area contributed by atoms with E-state index in [1.807, 2.05) is 0 Å². The third-order valence-electron chi connectivity index (χ3n) is 2.67. The third-order valence-corrected chi connectivity index (χ3v) is 2.67. The van der Waals surface area contributed by atoms with E-state index in [-0.39, 0.29) is 0 Å². The van der Waals surface area contributed by atoms with E-state index in [0.29, 0.717) is 30.9 Å². The van der Waals surface area contributed by atoms with Gasteiger partial charge in [-0.25, -0.2) is 9.59 Å². The van der Waals surface area contributed by atoms with Gasteiger partial charge in [0.05, 0.1) is 18.8 Å². The summed E-state index contributed by atoms with van der Waals surface area (Å²) in [6.07, 6.45) is 2.66. The van der Waals surface area contributed by atoms with Crippen LogP contribution >= 0.6 is 0 Å². The summed E-state index contributed by atoms with van der Waals surface area (Å²) in [6.45, 7) is 6.18. The number of rotatable bonds is 7. The van der Waals surface area contributed by atoms with Crippen molar-refractivity contribution in [3.05, 3.63) is 23.0 Å². The highest BCUT2D eigenvalue weighted by molar-refractivity contribution is 5.96. The summed E-state index contributed by atoms with van der Waals surface area (Å²) < 4.78 is 9.91. The Morgan fingerprint density at radius 1 is 1.11 bits per heavy atom. The number of ether oxygens (including phenoxy) is 2. The number of unbranched alkanes of at least 4 members (excludes halogenated alkanes) is 1. The monoisotopic (exact) mass is 267 g/mol. The SMILES string of the molecule is CCCCc1[nH]c(C(=O)OCC)cc1C(=O)OCC. The number of hydrogen-bond donors (Lipinski definition) is 1. The fraction of sp³-hybridized carbons (Fsp3) is 0.571. The average molecular weight is 267 g/mol. The van der Waals surface area contributed by atoms with Gasteiger partial charge in [-0.2, -0.15) is 0 Å². The first kappa shape index (κ1) is 15.3. The number of aromatic amines is 1. The zero-order chi connectivity index (χ0) is 14.3. The quantitative estimate of drug-likeness (QED) is 0.771. The zero-order valence-electron chi connectivity index (χ0n) is 11.7. The predicted molar refractivity (Wildman–Crippen MR) is 71.3 cm³/mol. The summed E-state index contributed by atoms with van der Waals surface area (Å²) in [7, 11) is 0. The Labute approximate surface area is 113 Å². The van der Waals surface area contributed by atoms with Gasteiger partial charge in [-0.3, -0.25) is 0 Å². The molecule has 0 aliphatic rings. The molecule has 0 fully saturated rings. The van der Waals surface area contributed by atoms with E-state index in [2.05, 4.69) is 11.9 Å². The number of esters is 2. The van der Waals surface area contributed by atoms with Gasteiger partial charge in [0, 0.05) is 5.69 Å². The Hall–Kier alpha value is -1.78. The molecule has 1 rings (SSSR count). The Morgan fingerprint density at radius 3 is 2.32 bits per heavy atom. The summed E-state index contributed by atoms with van der Waals surface area (Å²) >= 11 is 0. The van der Waals surface area contributed by atoms with Gasteiger partial charge >= 0.3 is 11.9 Å². The number of aromatic nitrogens is 1. The number of carbonyl (C=O) groups excluding carboxylic acids is 2. The van der Waals surface area contributed by atoms with Gasteiger partial charge in [-0.05, 0) is 32.8 Å². The van der Waals surface area contributed by atoms with E-state index >= 15 is 0 Å². The molecule has 19 heavy (non-hydrogen) atoms. The van der Waals surface area contributed by atoms with Crippen molar-refractivity contribution in [1.29, 1.82) is 0 Å². The first-order valence-electron chi connectivity index (χ1n) is 6.70. The van der Waals surface area contributed by atoms with Crippen LogP contribution < -0.4 is 0 Å². The van der Waals surface area contributed by atoms with Crippen molar-refractivity contribution in [2.24, 2.45) is 0 Å². The maximum absolute atomic E-state index is 11.8. The smallest absolute Gasteiger partial charge is 0.354 e. The first-order valence-corrected chi connectivity index (χ1v) is 6.70. The van der Waals surface area contributed by atoms with Gasteiger partial charge in [-0.1, -0.05) is 13.3 Å². The number of hydrogen-bond acceptors (Lipinski definition) is 4. The molecule has 1 aromatic rings. The van der Waals surface area contributed by atoms with Gasteiger partial charge < -0.3 is 14.5 Å². The molecule has 0 saturated heterocycles. The normalized spacial score (nSPS) is 10.3. The Balaban J connectivity index is 2.97. The van der Waals surface area contributed by atoms with Gasteiger partial charge in [0.2, 0.25) is 0 Å². The molecule has 5 heteroatoms. The molecule has 0 aromatic carbocycles. The highest BCUT2D eigenvalue weighted by atomic mass is 16.5. The van der Waals surface area contributed by atoms with Crippen molar-refractivity contribution in [1.82, 2.24) is 4.98 Å². The Bertz CT molecular complexity index is 437. The molecule has 1 N–H and O–H groups in total. The van der Waals surface area contributed by atoms with Crippen LogP contribution in [0.25, 0.3) is 0 Å². The third kappa shape index (κ3) is 4.12. The predicted octanol–water partition coefficient (Wildman–Crippen LogP) is 2.71. The van der Waals surface area contributed by atoms with Crippen molar-refractivity contribution in [3.63, 3.8) is 0 Å². The molecule has 0 amide bonds. The molecule has 0 saturated carbocycles. The van der Waals surface area contributed by atoms with E-state index in [1.165, 1.54) is 6.07 Å². The second-order valence-electron chi connectivity index (χ2n) is 4.12. The lowest BCUT2D eigenvalue weighted by Gasteiger charge is -2.02. The van der Waals surface area contributed by atoms with Crippen LogP contribution in [0.15, 0.2) is 6.07 Å². The summed E-state index contributed by atoms with van der Waals surface area (Å²) in [4.78, 5) is 26.5. The van der Waals surface area contributed by atoms with Crippen molar-refractivity contribution in [3.8, 4) is 0 Å². The van der Waals surface area contributed by atoms with Crippen molar-refractivity contribution in [2.75, 3.05) is 13.2 Å². The molecule has 0 unspecified atom stereocenters.